The quantitative estimate of drug-likeness (QED) is 0.276. The average Bonchev–Trinajstić information content (AvgIpc) is 2.82. The van der Waals surface area contributed by atoms with Crippen molar-refractivity contribution >= 4 is 12.7 Å². The van der Waals surface area contributed by atoms with E-state index in [1.165, 1.54) is 11.1 Å². The van der Waals surface area contributed by atoms with Crippen LogP contribution in [0, 0.1) is 0 Å². The van der Waals surface area contributed by atoms with E-state index in [9.17, 15) is 5.02 Å². The summed E-state index contributed by atoms with van der Waals surface area (Å²) in [4.78, 5) is 5.00. The van der Waals surface area contributed by atoms with Crippen molar-refractivity contribution in [3.8, 4) is 0 Å². The van der Waals surface area contributed by atoms with Crippen molar-refractivity contribution in [2.45, 2.75) is 19.9 Å². The van der Waals surface area contributed by atoms with Crippen LogP contribution in [0.4, 0.5) is 5.69 Å². The first-order valence-electron chi connectivity index (χ1n) is 13.7. The molecule has 6 N–H and O–H groups in total. The largest absolute Gasteiger partial charge is 0.433 e. The highest BCUT2D eigenvalue weighted by Crippen LogP contribution is 2.19. The zero-order valence-corrected chi connectivity index (χ0v) is 22.2. The van der Waals surface area contributed by atoms with Crippen molar-refractivity contribution in [2.24, 2.45) is 0 Å². The van der Waals surface area contributed by atoms with Crippen LogP contribution in [0.2, 0.25) is 6.82 Å². The van der Waals surface area contributed by atoms with Gasteiger partial charge in [-0.25, -0.2) is 0 Å². The van der Waals surface area contributed by atoms with Crippen molar-refractivity contribution in [2.75, 3.05) is 110 Å². The molecule has 0 amide bonds. The molecule has 2 aliphatic heterocycles. The molecule has 0 bridgehead atoms. The molecule has 2 saturated heterocycles. The smallest absolute Gasteiger partial charge is 0.406 e. The number of anilines is 1. The van der Waals surface area contributed by atoms with Gasteiger partial charge in [-0.1, -0.05) is 6.07 Å². The summed E-state index contributed by atoms with van der Waals surface area (Å²) in [5, 5.41) is 27.2. The van der Waals surface area contributed by atoms with Crippen molar-refractivity contribution in [3.63, 3.8) is 0 Å². The number of hydrogen-bond donors (Lipinski definition) is 6. The second-order valence-corrected chi connectivity index (χ2v) is 9.64. The van der Waals surface area contributed by atoms with Crippen LogP contribution in [0.5, 0.6) is 0 Å². The minimum Gasteiger partial charge on any atom is -0.433 e. The van der Waals surface area contributed by atoms with Gasteiger partial charge in [-0.3, -0.25) is 9.80 Å². The normalized spacial score (nSPS) is 21.4. The Kier molecular flexibility index (Phi) is 14.7. The molecule has 0 atom stereocenters. The third-order valence-corrected chi connectivity index (χ3v) is 6.35. The van der Waals surface area contributed by atoms with Crippen LogP contribution in [-0.4, -0.2) is 127 Å². The summed E-state index contributed by atoms with van der Waals surface area (Å²) < 4.78 is 11.2. The Bertz CT molecular complexity index is 642. The van der Waals surface area contributed by atoms with E-state index in [4.69, 9.17) is 9.47 Å². The van der Waals surface area contributed by atoms with E-state index in [0.717, 1.165) is 124 Å². The average molecular weight is 506 g/mol. The number of nitrogens with one attached hydrogen (secondary N) is 5. The minimum atomic E-state index is -0.595. The molecule has 2 aliphatic rings. The van der Waals surface area contributed by atoms with Gasteiger partial charge in [-0.05, 0) is 30.1 Å². The number of nitrogens with zero attached hydrogens (tertiary/aromatic N) is 2. The molecule has 2 fully saturated rings. The lowest BCUT2D eigenvalue weighted by Crippen LogP contribution is -2.39. The molecule has 0 saturated carbocycles. The zero-order valence-electron chi connectivity index (χ0n) is 22.2. The van der Waals surface area contributed by atoms with Crippen molar-refractivity contribution in [3.05, 3.63) is 29.3 Å². The Balaban J connectivity index is 1.66. The van der Waals surface area contributed by atoms with Crippen molar-refractivity contribution in [1.82, 2.24) is 31.1 Å². The Morgan fingerprint density at radius 2 is 1.08 bits per heavy atom. The van der Waals surface area contributed by atoms with E-state index in [1.54, 1.807) is 6.82 Å². The molecule has 3 rings (SSSR count). The Labute approximate surface area is 218 Å². The second kappa shape index (κ2) is 18.1. The van der Waals surface area contributed by atoms with E-state index in [2.05, 4.69) is 54.5 Å². The van der Waals surface area contributed by atoms with Gasteiger partial charge in [0.25, 0.3) is 0 Å². The van der Waals surface area contributed by atoms with E-state index < -0.39 is 7.05 Å². The lowest BCUT2D eigenvalue weighted by Gasteiger charge is -2.26. The number of rotatable bonds is 6. The molecule has 0 aliphatic carbocycles. The molecule has 0 aromatic heterocycles. The monoisotopic (exact) mass is 505 g/mol. The molecule has 1 aromatic rings. The maximum Gasteiger partial charge on any atom is 0.406 e. The van der Waals surface area contributed by atoms with Gasteiger partial charge in [0.2, 0.25) is 0 Å². The van der Waals surface area contributed by atoms with Crippen molar-refractivity contribution < 1.29 is 14.5 Å². The minimum absolute atomic E-state index is 0.595. The molecule has 0 unspecified atom stereocenters. The summed E-state index contributed by atoms with van der Waals surface area (Å²) in [7, 11) is -0.595. The van der Waals surface area contributed by atoms with Gasteiger partial charge < -0.3 is 41.0 Å². The van der Waals surface area contributed by atoms with Crippen LogP contribution in [0.1, 0.15) is 11.1 Å². The van der Waals surface area contributed by atoms with Crippen molar-refractivity contribution in [1.29, 1.82) is 0 Å². The molecule has 36 heavy (non-hydrogen) atoms. The fraction of sp³-hybridized carbons (Fsp3) is 0.760. The highest BCUT2D eigenvalue weighted by molar-refractivity contribution is 6.52. The lowest BCUT2D eigenvalue weighted by atomic mass is 9.88. The molecular weight excluding hydrogens is 457 g/mol. The molecule has 1 aromatic carbocycles. The Morgan fingerprint density at radius 1 is 0.694 bits per heavy atom. The lowest BCUT2D eigenvalue weighted by molar-refractivity contribution is 0.132. The molecule has 0 spiro atoms. The highest BCUT2D eigenvalue weighted by atomic mass is 16.5. The predicted molar refractivity (Wildman–Crippen MR) is 148 cm³/mol. The van der Waals surface area contributed by atoms with Gasteiger partial charge in [-0.2, -0.15) is 0 Å². The SMILES string of the molecule is CB(O)Nc1cc(CN2CCNCCOCCNCC2)cc(CN2CCNCCOCCNCC2)c1. The van der Waals surface area contributed by atoms with Gasteiger partial charge in [-0.15, -0.1) is 0 Å². The Hall–Kier alpha value is -1.28. The van der Waals surface area contributed by atoms with E-state index in [-0.39, 0.29) is 0 Å². The number of benzene rings is 1. The summed E-state index contributed by atoms with van der Waals surface area (Å²) in [5.41, 5.74) is 3.52. The van der Waals surface area contributed by atoms with Gasteiger partial charge in [0, 0.05) is 97.3 Å². The molecule has 11 heteroatoms. The molecule has 2 heterocycles. The first-order chi connectivity index (χ1) is 17.7. The summed E-state index contributed by atoms with van der Waals surface area (Å²) in [6.07, 6.45) is 0. The molecule has 10 nitrogen and oxygen atoms in total. The summed E-state index contributed by atoms with van der Waals surface area (Å²) >= 11 is 0. The van der Waals surface area contributed by atoms with Gasteiger partial charge in [0.05, 0.1) is 26.4 Å². The fourth-order valence-corrected chi connectivity index (χ4v) is 4.56. The maximum absolute atomic E-state index is 10.00. The third kappa shape index (κ3) is 12.8. The van der Waals surface area contributed by atoms with Gasteiger partial charge >= 0.3 is 7.05 Å². The maximum atomic E-state index is 10.00. The van der Waals surface area contributed by atoms with E-state index >= 15 is 0 Å². The highest BCUT2D eigenvalue weighted by Gasteiger charge is 2.13. The topological polar surface area (TPSA) is 105 Å². The van der Waals surface area contributed by atoms with Crippen LogP contribution < -0.4 is 26.5 Å². The van der Waals surface area contributed by atoms with Crippen LogP contribution >= 0.6 is 0 Å². The first-order valence-corrected chi connectivity index (χ1v) is 13.7. The fourth-order valence-electron chi connectivity index (χ4n) is 4.56. The van der Waals surface area contributed by atoms with Crippen LogP contribution in [0.25, 0.3) is 0 Å². The summed E-state index contributed by atoms with van der Waals surface area (Å²) in [5.74, 6) is 0. The van der Waals surface area contributed by atoms with E-state index in [0.29, 0.717) is 0 Å². The second-order valence-electron chi connectivity index (χ2n) is 9.64. The zero-order chi connectivity index (χ0) is 25.3. The standard InChI is InChI=1S/C25H48BN7O3/c1-26(34)31-25-19-23(21-32-10-2-27-6-14-35-15-7-28-3-11-32)18-24(20-25)22-33-12-4-29-8-16-36-17-9-30-5-13-33/h18-20,27-31,34H,2-17,21-22H2,1H3. The van der Waals surface area contributed by atoms with Crippen LogP contribution in [-0.2, 0) is 22.6 Å². The van der Waals surface area contributed by atoms with E-state index in [1.807, 2.05) is 0 Å². The van der Waals surface area contributed by atoms with Crippen LogP contribution in [0.3, 0.4) is 0 Å². The molecule has 0 radical (unpaired) electrons. The summed E-state index contributed by atoms with van der Waals surface area (Å²) in [6.45, 7) is 17.8. The molecule has 204 valence electrons. The van der Waals surface area contributed by atoms with Crippen LogP contribution in [0.15, 0.2) is 18.2 Å². The Morgan fingerprint density at radius 3 is 1.44 bits per heavy atom. The van der Waals surface area contributed by atoms with Gasteiger partial charge in [0.1, 0.15) is 0 Å². The van der Waals surface area contributed by atoms with Gasteiger partial charge in [0.15, 0.2) is 0 Å². The summed E-state index contributed by atoms with van der Waals surface area (Å²) in [6, 6.07) is 6.70. The molecular formula is C25H48BN7O3. The number of hydrogen-bond acceptors (Lipinski definition) is 10. The first kappa shape index (κ1) is 29.3. The predicted octanol–water partition coefficient (Wildman–Crippen LogP) is -0.768. The third-order valence-electron chi connectivity index (χ3n) is 6.35. The number of ether oxygens (including phenoxy) is 2.